The van der Waals surface area contributed by atoms with E-state index in [9.17, 15) is 0 Å². The molecule has 14 aromatic heterocycles. The maximum absolute atomic E-state index is 6.07. The molecule has 14 heterocycles. The molecule has 24 aromatic rings. The van der Waals surface area contributed by atoms with Crippen LogP contribution in [0.5, 0.6) is 0 Å². The van der Waals surface area contributed by atoms with E-state index in [-0.39, 0.29) is 80.4 Å². The van der Waals surface area contributed by atoms with Crippen molar-refractivity contribution < 1.29 is 93.7 Å². The molecule has 0 aliphatic carbocycles. The number of nitrogens with zero attached hydrogens (tertiary/aromatic N) is 10. The molecule has 0 aliphatic rings. The van der Waals surface area contributed by atoms with Crippen molar-refractivity contribution in [2.75, 3.05) is 0 Å². The molecule has 0 unspecified atom stereocenters. The van der Waals surface area contributed by atoms with Gasteiger partial charge in [-0.2, -0.15) is 11.3 Å². The first-order chi connectivity index (χ1) is 68.4. The van der Waals surface area contributed by atoms with E-state index in [1.807, 2.05) is 286 Å². The van der Waals surface area contributed by atoms with Crippen molar-refractivity contribution in [2.45, 2.75) is 85.5 Å². The number of para-hydroxylation sites is 2. The van der Waals surface area contributed by atoms with Crippen LogP contribution in [0.3, 0.4) is 0 Å². The van der Waals surface area contributed by atoms with Gasteiger partial charge in [-0.1, -0.05) is 263 Å². The van der Waals surface area contributed by atoms with E-state index >= 15 is 0 Å². The van der Waals surface area contributed by atoms with E-state index in [4.69, 9.17) is 18.2 Å². The summed E-state index contributed by atoms with van der Waals surface area (Å²) in [5, 5.41) is 14.5. The Kier molecular flexibility index (Phi) is 38.0. The molecule has 0 fully saturated rings. The van der Waals surface area contributed by atoms with E-state index in [0.29, 0.717) is 5.71 Å². The van der Waals surface area contributed by atoms with E-state index in [0.717, 1.165) is 156 Å². The molecule has 13 nitrogen and oxygen atoms in total. The molecule has 24 rings (SSSR count). The van der Waals surface area contributed by atoms with Crippen molar-refractivity contribution in [2.24, 2.45) is 0 Å². The Morgan fingerprint density at radius 1 is 0.241 bits per heavy atom. The number of hydrogen-bond acceptors (Lipinski definition) is 14. The maximum atomic E-state index is 6.07. The van der Waals surface area contributed by atoms with Crippen LogP contribution in [0.1, 0.15) is 5.69 Å². The minimum Gasteiger partial charge on any atom is -0.501 e. The van der Waals surface area contributed by atoms with Gasteiger partial charge in [0.2, 0.25) is 5.71 Å². The molecular formula is C123H104Ir4N10O3SSi4-8. The Morgan fingerprint density at radius 3 is 0.945 bits per heavy atom. The van der Waals surface area contributed by atoms with Crippen LogP contribution in [0.25, 0.3) is 176 Å². The third-order valence-electron chi connectivity index (χ3n) is 23.5. The molecule has 730 valence electrons. The fourth-order valence-corrected chi connectivity index (χ4v) is 21.0. The summed E-state index contributed by atoms with van der Waals surface area (Å²) < 4.78 is 20.7. The van der Waals surface area contributed by atoms with E-state index in [1.54, 1.807) is 31.0 Å². The average molecular weight is 2680 g/mol. The summed E-state index contributed by atoms with van der Waals surface area (Å²) >= 11 is 1.83. The van der Waals surface area contributed by atoms with Crippen LogP contribution < -0.4 is 20.7 Å². The van der Waals surface area contributed by atoms with E-state index in [2.05, 4.69) is 269 Å². The van der Waals surface area contributed by atoms with Crippen LogP contribution in [-0.2, 0) is 80.4 Å². The fourth-order valence-electron chi connectivity index (χ4n) is 15.7. The van der Waals surface area contributed by atoms with Gasteiger partial charge in [0.15, 0.2) is 0 Å². The molecular weight excluding hydrogens is 2580 g/mol. The molecule has 0 amide bonds. The van der Waals surface area contributed by atoms with Gasteiger partial charge in [0.05, 0.1) is 49.0 Å². The third-order valence-corrected chi connectivity index (χ3v) is 32.8. The van der Waals surface area contributed by atoms with Crippen molar-refractivity contribution in [1.82, 2.24) is 49.8 Å². The van der Waals surface area contributed by atoms with E-state index in [1.165, 1.54) is 40.9 Å². The zero-order valence-electron chi connectivity index (χ0n) is 82.5. The second-order valence-corrected chi connectivity index (χ2v) is 59.0. The van der Waals surface area contributed by atoms with Gasteiger partial charge in [-0.3, -0.25) is 0 Å². The zero-order chi connectivity index (χ0) is 97.9. The van der Waals surface area contributed by atoms with Crippen LogP contribution in [0.4, 0.5) is 0 Å². The van der Waals surface area contributed by atoms with Gasteiger partial charge >= 0.3 is 0 Å². The van der Waals surface area contributed by atoms with Crippen LogP contribution in [0.2, 0.25) is 78.6 Å². The number of aromatic nitrogens is 10. The topological polar surface area (TPSA) is 168 Å². The molecule has 10 aromatic carbocycles. The Hall–Kier alpha value is -13.2. The van der Waals surface area contributed by atoms with Crippen LogP contribution in [0.15, 0.2) is 409 Å². The smallest absolute Gasteiger partial charge is 0.216 e. The predicted octanol–water partition coefficient (Wildman–Crippen LogP) is 29.7. The molecule has 22 heteroatoms. The largest absolute Gasteiger partial charge is 0.501 e. The maximum Gasteiger partial charge on any atom is 0.216 e. The summed E-state index contributed by atoms with van der Waals surface area (Å²) in [6.07, 6.45) is 20.1. The Balaban J connectivity index is 0.000000141. The summed E-state index contributed by atoms with van der Waals surface area (Å²) in [5.74, 6) is 0. The van der Waals surface area contributed by atoms with Gasteiger partial charge in [0.1, 0.15) is 11.2 Å². The Morgan fingerprint density at radius 2 is 0.572 bits per heavy atom. The van der Waals surface area contributed by atoms with Crippen molar-refractivity contribution in [1.29, 1.82) is 0 Å². The Labute approximate surface area is 910 Å². The second kappa shape index (κ2) is 50.5. The summed E-state index contributed by atoms with van der Waals surface area (Å²) in [6, 6.07) is 135. The molecule has 0 aliphatic heterocycles. The molecule has 0 spiro atoms. The third kappa shape index (κ3) is 27.5. The number of fused-ring (bicyclic) bond motifs is 12. The normalized spacial score (nSPS) is 11.0. The minimum atomic E-state index is -1.35. The molecule has 0 saturated carbocycles. The zero-order valence-corrected chi connectivity index (χ0v) is 96.9. The van der Waals surface area contributed by atoms with Gasteiger partial charge in [-0.15, -0.1) is 204 Å². The number of thiophene rings is 1. The number of aryl methyl sites for hydroxylation is 1. The number of furan rings is 3. The number of pyridine rings is 10. The van der Waals surface area contributed by atoms with Crippen molar-refractivity contribution >= 4 is 150 Å². The van der Waals surface area contributed by atoms with Gasteiger partial charge in [-0.25, -0.2) is 4.98 Å². The first-order valence-corrected chi connectivity index (χ1v) is 61.7. The fraction of sp³-hybridized carbons (Fsp3) is 0.106. The quantitative estimate of drug-likeness (QED) is 0.0838. The molecule has 0 N–H and O–H groups in total. The molecule has 145 heavy (non-hydrogen) atoms. The summed E-state index contributed by atoms with van der Waals surface area (Å²) in [7, 11) is -5.34. The molecule has 0 saturated heterocycles. The Bertz CT molecular complexity index is 7390. The van der Waals surface area contributed by atoms with Gasteiger partial charge < -0.3 is 58.1 Å². The number of hydrogen-bond donors (Lipinski definition) is 0. The monoisotopic (exact) mass is 2680 g/mol. The molecule has 4 radical (unpaired) electrons. The second-order valence-electron chi connectivity index (χ2n) is 37.7. The number of rotatable bonds is 12. The minimum absolute atomic E-state index is 0. The summed E-state index contributed by atoms with van der Waals surface area (Å²) in [5.41, 5.74) is 21.3. The van der Waals surface area contributed by atoms with Crippen LogP contribution >= 0.6 is 11.3 Å². The van der Waals surface area contributed by atoms with Gasteiger partial charge in [-0.05, 0) is 156 Å². The van der Waals surface area contributed by atoms with Crippen molar-refractivity contribution in [3.63, 3.8) is 0 Å². The van der Waals surface area contributed by atoms with Gasteiger partial charge in [0.25, 0.3) is 0 Å². The molecule has 0 atom stereocenters. The van der Waals surface area contributed by atoms with Crippen LogP contribution in [0, 0.1) is 55.6 Å². The average Bonchev–Trinajstić information content (AvgIpc) is 1.63. The first kappa shape index (κ1) is 109. The predicted molar refractivity (Wildman–Crippen MR) is 595 cm³/mol. The number of benzene rings is 10. The standard InChI is InChI=1S/C20H19N2OSi.C20H18NOSi.C20H18NSSi.C19H17N2OSi.4C11H8N.4Ir/c1-13-8-10-16-15-6-5-7-17(19(15)23-20(16)22-13)18-11-9-14(12-21-18)24(2,3)4;2*1-23(2,3)14-11-12-18(21-13-14)17-9-6-8-16-15-7-4-5-10-19(15)22-20(16)17;1-23(2,3)13-8-9-17(21-10-13)16-12-20-11-15-14-6-4-5-7-18(14)22-19(15)16;4*1-2-6-10(7-3-1)11-8-4-5-9-12-11;;;;/h5-6,8-12H,1-4H3;2*4-8,10-13H,1-3H3;4-11H,1-3H3;4*1-6,8-9H;;;;/q8*-1;;;;. The van der Waals surface area contributed by atoms with E-state index < -0.39 is 32.3 Å². The summed E-state index contributed by atoms with van der Waals surface area (Å²) in [6.45, 7) is 29.9. The SMILES string of the molecule is C[Si](C)(C)c1ccc(-c2[c-]ccc3c2oc2ccccc23)nc1.C[Si](C)(C)c1ccc(-c2[c-]ccc3c2sc2ccccc23)nc1.C[Si](C)(C)c1ccc(-c2[c-]ncc3c2oc2ccccc23)nc1.Cc1ccc2c(n1)oc1c(-c3ccc([Si](C)(C)C)cn3)[c-]ccc12.[Ir].[Ir].[Ir].[Ir].[c-]1ccccc1-c1ccccn1.[c-]1ccccc1-c1ccccn1.[c-]1ccccc1-c1ccccn1.[c-]1ccccc1-c1ccccn1. The summed E-state index contributed by atoms with van der Waals surface area (Å²) in [4.78, 5) is 44.4. The first-order valence-electron chi connectivity index (χ1n) is 46.8. The van der Waals surface area contributed by atoms with Crippen LogP contribution in [-0.4, -0.2) is 82.1 Å². The molecule has 0 bridgehead atoms. The van der Waals surface area contributed by atoms with Crippen molar-refractivity contribution in [3.05, 3.63) is 450 Å². The van der Waals surface area contributed by atoms with Crippen molar-refractivity contribution in [3.8, 4) is 90.1 Å². The van der Waals surface area contributed by atoms with Gasteiger partial charge in [0, 0.05) is 157 Å².